The number of hydrogen-bond donors (Lipinski definition) is 1. The van der Waals surface area contributed by atoms with Gasteiger partial charge in [0.05, 0.1) is 5.56 Å². The molecular weight excluding hydrogens is 569 g/mol. The number of halogens is 1. The minimum absolute atomic E-state index is 0.0368. The zero-order chi connectivity index (χ0) is 32.3. The average molecular weight is 614 g/mol. The SMILES string of the molecule is C[C@@H](C(=O)N[C@H](C(=O)N1CCN(C(=O)c2c(C=O)c3cc(F)ccc3n2C)CC1)C1CCCCC1)N(C)C(=O)OC(C)(C)C. The zero-order valence-electron chi connectivity index (χ0n) is 26.5. The first-order valence-corrected chi connectivity index (χ1v) is 15.3. The van der Waals surface area contributed by atoms with E-state index in [1.54, 1.807) is 49.1 Å². The van der Waals surface area contributed by atoms with Crippen LogP contribution in [0.15, 0.2) is 18.2 Å². The first kappa shape index (κ1) is 32.9. The molecule has 1 aromatic heterocycles. The van der Waals surface area contributed by atoms with Crippen molar-refractivity contribution in [1.82, 2.24) is 24.6 Å². The maximum Gasteiger partial charge on any atom is 0.410 e. The van der Waals surface area contributed by atoms with Crippen molar-refractivity contribution in [3.05, 3.63) is 35.3 Å². The third-order valence-corrected chi connectivity index (χ3v) is 8.73. The predicted octanol–water partition coefficient (Wildman–Crippen LogP) is 3.73. The van der Waals surface area contributed by atoms with Gasteiger partial charge in [0.25, 0.3) is 5.91 Å². The molecule has 1 saturated carbocycles. The fourth-order valence-corrected chi connectivity index (χ4v) is 6.09. The standard InChI is InChI=1S/C32H44FN5O6/c1-20(35(5)31(43)44-32(2,3)4)28(40)34-26(21-10-8-7-9-11-21)29(41)37-14-16-38(17-15-37)30(42)27-24(19-39)23-18-22(33)12-13-25(23)36(27)6/h12-13,18-21,26H,7-11,14-17H2,1-6H3,(H,34,40)/t20-,26-/m0/s1. The molecule has 240 valence electrons. The minimum Gasteiger partial charge on any atom is -0.444 e. The molecule has 4 rings (SSSR count). The topological polar surface area (TPSA) is 121 Å². The van der Waals surface area contributed by atoms with E-state index in [2.05, 4.69) is 5.32 Å². The third-order valence-electron chi connectivity index (χ3n) is 8.73. The first-order valence-electron chi connectivity index (χ1n) is 15.3. The molecule has 1 aliphatic carbocycles. The Morgan fingerprint density at radius 3 is 2.25 bits per heavy atom. The molecule has 4 amide bonds. The number of rotatable bonds is 7. The van der Waals surface area contributed by atoms with E-state index < -0.39 is 35.5 Å². The van der Waals surface area contributed by atoms with E-state index in [1.807, 2.05) is 0 Å². The predicted molar refractivity (Wildman–Crippen MR) is 163 cm³/mol. The van der Waals surface area contributed by atoms with E-state index in [1.165, 1.54) is 30.1 Å². The Balaban J connectivity index is 1.46. The molecule has 11 nitrogen and oxygen atoms in total. The van der Waals surface area contributed by atoms with Crippen LogP contribution in [0.4, 0.5) is 9.18 Å². The van der Waals surface area contributed by atoms with Crippen LogP contribution in [-0.2, 0) is 21.4 Å². The summed E-state index contributed by atoms with van der Waals surface area (Å²) in [6, 6.07) is 2.46. The normalized spacial score (nSPS) is 17.6. The molecule has 1 saturated heterocycles. The van der Waals surface area contributed by atoms with E-state index in [-0.39, 0.29) is 55.2 Å². The van der Waals surface area contributed by atoms with Gasteiger partial charge in [0.2, 0.25) is 11.8 Å². The monoisotopic (exact) mass is 613 g/mol. The van der Waals surface area contributed by atoms with Crippen LogP contribution in [-0.4, -0.2) is 100 Å². The molecule has 1 aromatic carbocycles. The Kier molecular flexibility index (Phi) is 10.00. The molecule has 1 aliphatic heterocycles. The molecule has 2 heterocycles. The van der Waals surface area contributed by atoms with Crippen molar-refractivity contribution >= 4 is 41.0 Å². The van der Waals surface area contributed by atoms with Crippen molar-refractivity contribution in [1.29, 1.82) is 0 Å². The lowest BCUT2D eigenvalue weighted by atomic mass is 9.83. The highest BCUT2D eigenvalue weighted by Gasteiger charge is 2.38. The second kappa shape index (κ2) is 13.4. The number of nitrogens with zero attached hydrogens (tertiary/aromatic N) is 4. The molecule has 0 radical (unpaired) electrons. The fraction of sp³-hybridized carbons (Fsp3) is 0.594. The third kappa shape index (κ3) is 7.05. The number of likely N-dealkylation sites (N-methyl/N-ethyl adjacent to an activating group) is 1. The molecule has 0 unspecified atom stereocenters. The van der Waals surface area contributed by atoms with Gasteiger partial charge in [-0.15, -0.1) is 0 Å². The number of fused-ring (bicyclic) bond motifs is 1. The van der Waals surface area contributed by atoms with Crippen molar-refractivity contribution in [3.63, 3.8) is 0 Å². The van der Waals surface area contributed by atoms with Crippen LogP contribution in [0, 0.1) is 11.7 Å². The molecular formula is C32H44FN5O6. The lowest BCUT2D eigenvalue weighted by Gasteiger charge is -2.39. The van der Waals surface area contributed by atoms with Crippen LogP contribution >= 0.6 is 0 Å². The van der Waals surface area contributed by atoms with Crippen molar-refractivity contribution < 1.29 is 33.1 Å². The minimum atomic E-state index is -0.862. The van der Waals surface area contributed by atoms with Gasteiger partial charge in [0, 0.05) is 51.2 Å². The molecule has 2 fully saturated rings. The van der Waals surface area contributed by atoms with Crippen LogP contribution < -0.4 is 5.32 Å². The summed E-state index contributed by atoms with van der Waals surface area (Å²) in [7, 11) is 3.16. The van der Waals surface area contributed by atoms with Gasteiger partial charge in [0.1, 0.15) is 29.2 Å². The number of aromatic nitrogens is 1. The molecule has 12 heteroatoms. The van der Waals surface area contributed by atoms with Crippen LogP contribution in [0.3, 0.4) is 0 Å². The van der Waals surface area contributed by atoms with Crippen LogP contribution in [0.2, 0.25) is 0 Å². The van der Waals surface area contributed by atoms with Gasteiger partial charge in [-0.1, -0.05) is 19.3 Å². The van der Waals surface area contributed by atoms with Crippen molar-refractivity contribution in [2.75, 3.05) is 33.2 Å². The Morgan fingerprint density at radius 1 is 1.05 bits per heavy atom. The number of amides is 4. The molecule has 2 aliphatic rings. The van der Waals surface area contributed by atoms with Crippen molar-refractivity contribution in [3.8, 4) is 0 Å². The lowest BCUT2D eigenvalue weighted by molar-refractivity contribution is -0.140. The van der Waals surface area contributed by atoms with Gasteiger partial charge in [-0.3, -0.25) is 24.1 Å². The van der Waals surface area contributed by atoms with Gasteiger partial charge in [0.15, 0.2) is 6.29 Å². The number of piperazine rings is 1. The second-order valence-electron chi connectivity index (χ2n) is 12.9. The van der Waals surface area contributed by atoms with E-state index in [0.717, 1.165) is 32.1 Å². The maximum atomic E-state index is 13.9. The fourth-order valence-electron chi connectivity index (χ4n) is 6.09. The number of hydrogen-bond acceptors (Lipinski definition) is 6. The van der Waals surface area contributed by atoms with Crippen LogP contribution in [0.5, 0.6) is 0 Å². The first-order chi connectivity index (χ1) is 20.7. The quantitative estimate of drug-likeness (QED) is 0.475. The number of aryl methyl sites for hydroxylation is 1. The highest BCUT2D eigenvalue weighted by Crippen LogP contribution is 2.29. The summed E-state index contributed by atoms with van der Waals surface area (Å²) in [6.45, 7) is 7.83. The lowest BCUT2D eigenvalue weighted by Crippen LogP contribution is -2.60. The number of aldehydes is 1. The number of nitrogens with one attached hydrogen (secondary N) is 1. The summed E-state index contributed by atoms with van der Waals surface area (Å²) in [5, 5.41) is 3.32. The number of carbonyl (C=O) groups excluding carboxylic acids is 5. The van der Waals surface area contributed by atoms with Gasteiger partial charge in [-0.2, -0.15) is 0 Å². The number of benzene rings is 1. The van der Waals surface area contributed by atoms with Gasteiger partial charge < -0.3 is 24.4 Å². The molecule has 2 atom stereocenters. The summed E-state index contributed by atoms with van der Waals surface area (Å²) in [5.41, 5.74) is 0.168. The van der Waals surface area contributed by atoms with E-state index in [4.69, 9.17) is 4.74 Å². The Bertz CT molecular complexity index is 1420. The summed E-state index contributed by atoms with van der Waals surface area (Å²) >= 11 is 0. The van der Waals surface area contributed by atoms with Crippen LogP contribution in [0.25, 0.3) is 10.9 Å². The zero-order valence-corrected chi connectivity index (χ0v) is 26.5. The van der Waals surface area contributed by atoms with Crippen molar-refractivity contribution in [2.45, 2.75) is 77.5 Å². The van der Waals surface area contributed by atoms with E-state index in [9.17, 15) is 28.4 Å². The van der Waals surface area contributed by atoms with Gasteiger partial charge in [-0.05, 0) is 64.7 Å². The van der Waals surface area contributed by atoms with Gasteiger partial charge in [-0.25, -0.2) is 9.18 Å². The maximum absolute atomic E-state index is 13.9. The summed E-state index contributed by atoms with van der Waals surface area (Å²) < 4.78 is 20.9. The Labute approximate surface area is 257 Å². The van der Waals surface area contributed by atoms with Gasteiger partial charge >= 0.3 is 6.09 Å². The smallest absolute Gasteiger partial charge is 0.410 e. The molecule has 44 heavy (non-hydrogen) atoms. The highest BCUT2D eigenvalue weighted by atomic mass is 19.1. The molecule has 0 bridgehead atoms. The van der Waals surface area contributed by atoms with Crippen molar-refractivity contribution in [2.24, 2.45) is 13.0 Å². The highest BCUT2D eigenvalue weighted by molar-refractivity contribution is 6.10. The molecule has 0 spiro atoms. The average Bonchev–Trinajstić information content (AvgIpc) is 3.28. The van der Waals surface area contributed by atoms with E-state index in [0.29, 0.717) is 17.2 Å². The number of ether oxygens (including phenoxy) is 1. The summed E-state index contributed by atoms with van der Waals surface area (Å²) in [4.78, 5) is 69.9. The Morgan fingerprint density at radius 2 is 1.66 bits per heavy atom. The molecule has 1 N–H and O–H groups in total. The summed E-state index contributed by atoms with van der Waals surface area (Å²) in [6.07, 6.45) is 4.57. The Hall–Kier alpha value is -3.96. The molecule has 2 aromatic rings. The summed E-state index contributed by atoms with van der Waals surface area (Å²) in [5.74, 6) is -1.55. The van der Waals surface area contributed by atoms with Crippen LogP contribution in [0.1, 0.15) is 80.6 Å². The second-order valence-corrected chi connectivity index (χ2v) is 12.9. The number of carbonyl (C=O) groups is 5. The largest absolute Gasteiger partial charge is 0.444 e. The van der Waals surface area contributed by atoms with E-state index >= 15 is 0 Å².